The van der Waals surface area contributed by atoms with Gasteiger partial charge >= 0.3 is 0 Å². The Morgan fingerprint density at radius 1 is 0.964 bits per heavy atom. The summed E-state index contributed by atoms with van der Waals surface area (Å²) in [5.41, 5.74) is 1.77. The van der Waals surface area contributed by atoms with Crippen molar-refractivity contribution in [3.8, 4) is 17.2 Å². The Morgan fingerprint density at radius 2 is 1.64 bits per heavy atom. The van der Waals surface area contributed by atoms with Gasteiger partial charge in [-0.3, -0.25) is 4.79 Å². The predicted molar refractivity (Wildman–Crippen MR) is 104 cm³/mol. The van der Waals surface area contributed by atoms with Crippen LogP contribution in [-0.2, 0) is 0 Å². The van der Waals surface area contributed by atoms with Crippen LogP contribution in [0.15, 0.2) is 54.9 Å². The Balaban J connectivity index is 1.41. The lowest BCUT2D eigenvalue weighted by Crippen LogP contribution is -2.15. The van der Waals surface area contributed by atoms with Crippen LogP contribution in [0.2, 0.25) is 0 Å². The highest BCUT2D eigenvalue weighted by Crippen LogP contribution is 2.33. The van der Waals surface area contributed by atoms with Gasteiger partial charge in [-0.25, -0.2) is 9.97 Å². The van der Waals surface area contributed by atoms with E-state index in [1.54, 1.807) is 31.4 Å². The summed E-state index contributed by atoms with van der Waals surface area (Å²) in [6.07, 6.45) is 2.93. The third kappa shape index (κ3) is 3.96. The summed E-state index contributed by atoms with van der Waals surface area (Å²) in [6, 6.07) is 12.6. The number of amides is 1. The average Bonchev–Trinajstić information content (AvgIpc) is 2.75. The smallest absolute Gasteiger partial charge is 0.258 e. The number of anilines is 3. The fourth-order valence-corrected chi connectivity index (χ4v) is 2.64. The van der Waals surface area contributed by atoms with Crippen molar-refractivity contribution in [2.45, 2.75) is 0 Å². The summed E-state index contributed by atoms with van der Waals surface area (Å²) in [4.78, 5) is 20.7. The number of carbonyl (C=O) groups is 1. The molecule has 0 saturated heterocycles. The number of carbonyl (C=O) groups excluding carboxylic acids is 1. The van der Waals surface area contributed by atoms with Gasteiger partial charge in [0.05, 0.1) is 12.7 Å². The monoisotopic (exact) mass is 378 g/mol. The Kier molecular flexibility index (Phi) is 4.92. The van der Waals surface area contributed by atoms with Gasteiger partial charge in [0.15, 0.2) is 11.5 Å². The zero-order chi connectivity index (χ0) is 19.3. The molecule has 0 unspecified atom stereocenters. The maximum atomic E-state index is 12.3. The fourth-order valence-electron chi connectivity index (χ4n) is 2.64. The van der Waals surface area contributed by atoms with Crippen molar-refractivity contribution in [3.63, 3.8) is 0 Å². The van der Waals surface area contributed by atoms with Crippen LogP contribution >= 0.6 is 0 Å². The van der Waals surface area contributed by atoms with E-state index in [1.165, 1.54) is 12.4 Å². The first-order chi connectivity index (χ1) is 13.7. The van der Waals surface area contributed by atoms with Crippen LogP contribution in [0.3, 0.4) is 0 Å². The van der Waals surface area contributed by atoms with E-state index in [9.17, 15) is 4.79 Å². The number of aromatic nitrogens is 2. The minimum atomic E-state index is -0.295. The lowest BCUT2D eigenvalue weighted by atomic mass is 10.2. The molecule has 0 aliphatic carbocycles. The molecule has 1 aromatic heterocycles. The molecule has 0 fully saturated rings. The standard InChI is InChI=1S/C20H18N4O4/c1-26-16-5-2-14(3-6-16)23-19(25)13-11-21-20(22-12-13)24-15-4-7-17-18(10-15)28-9-8-27-17/h2-7,10-12H,8-9H2,1H3,(H,23,25)(H,21,22,24). The third-order valence-electron chi connectivity index (χ3n) is 4.06. The molecule has 0 radical (unpaired) electrons. The number of hydrogen-bond donors (Lipinski definition) is 2. The first-order valence-corrected chi connectivity index (χ1v) is 8.65. The zero-order valence-corrected chi connectivity index (χ0v) is 15.1. The lowest BCUT2D eigenvalue weighted by molar-refractivity contribution is 0.102. The van der Waals surface area contributed by atoms with Gasteiger partial charge in [0.25, 0.3) is 5.91 Å². The van der Waals surface area contributed by atoms with E-state index in [0.29, 0.717) is 41.9 Å². The van der Waals surface area contributed by atoms with Crippen molar-refractivity contribution >= 4 is 23.2 Å². The van der Waals surface area contributed by atoms with E-state index in [1.807, 2.05) is 18.2 Å². The summed E-state index contributed by atoms with van der Waals surface area (Å²) < 4.78 is 16.2. The Morgan fingerprint density at radius 3 is 2.36 bits per heavy atom. The minimum absolute atomic E-state index is 0.295. The molecule has 3 aromatic rings. The van der Waals surface area contributed by atoms with Gasteiger partial charge in [-0.15, -0.1) is 0 Å². The van der Waals surface area contributed by atoms with Crippen LogP contribution in [0.5, 0.6) is 17.2 Å². The first-order valence-electron chi connectivity index (χ1n) is 8.65. The van der Waals surface area contributed by atoms with Crippen molar-refractivity contribution in [1.29, 1.82) is 0 Å². The number of ether oxygens (including phenoxy) is 3. The van der Waals surface area contributed by atoms with E-state index in [-0.39, 0.29) is 5.91 Å². The molecule has 0 saturated carbocycles. The fraction of sp³-hybridized carbons (Fsp3) is 0.150. The molecule has 2 heterocycles. The number of nitrogens with zero attached hydrogens (tertiary/aromatic N) is 2. The number of fused-ring (bicyclic) bond motifs is 1. The quantitative estimate of drug-likeness (QED) is 0.704. The molecule has 4 rings (SSSR count). The first kappa shape index (κ1) is 17.6. The SMILES string of the molecule is COc1ccc(NC(=O)c2cnc(Nc3ccc4c(c3)OCCO4)nc2)cc1. The summed E-state index contributed by atoms with van der Waals surface area (Å²) in [7, 11) is 1.59. The normalized spacial score (nSPS) is 12.2. The van der Waals surface area contributed by atoms with Crippen LogP contribution in [0.4, 0.5) is 17.3 Å². The van der Waals surface area contributed by atoms with Crippen LogP contribution < -0.4 is 24.8 Å². The molecule has 1 aliphatic heterocycles. The number of nitrogens with one attached hydrogen (secondary N) is 2. The molecule has 2 N–H and O–H groups in total. The maximum Gasteiger partial charge on any atom is 0.258 e. The van der Waals surface area contributed by atoms with Gasteiger partial charge < -0.3 is 24.8 Å². The highest BCUT2D eigenvalue weighted by molar-refractivity contribution is 6.03. The van der Waals surface area contributed by atoms with Crippen molar-refractivity contribution in [3.05, 3.63) is 60.4 Å². The van der Waals surface area contributed by atoms with E-state index >= 15 is 0 Å². The predicted octanol–water partition coefficient (Wildman–Crippen LogP) is 3.25. The summed E-state index contributed by atoms with van der Waals surface area (Å²) in [5.74, 6) is 2.18. The summed E-state index contributed by atoms with van der Waals surface area (Å²) >= 11 is 0. The number of rotatable bonds is 5. The zero-order valence-electron chi connectivity index (χ0n) is 15.1. The van der Waals surface area contributed by atoms with Gasteiger partial charge in [-0.2, -0.15) is 0 Å². The molecule has 2 aromatic carbocycles. The van der Waals surface area contributed by atoms with E-state index < -0.39 is 0 Å². The minimum Gasteiger partial charge on any atom is -0.497 e. The lowest BCUT2D eigenvalue weighted by Gasteiger charge is -2.18. The Labute approximate surface area is 161 Å². The van der Waals surface area contributed by atoms with Gasteiger partial charge in [0.2, 0.25) is 5.95 Å². The van der Waals surface area contributed by atoms with E-state index in [2.05, 4.69) is 20.6 Å². The molecular formula is C20H18N4O4. The Hall–Kier alpha value is -3.81. The third-order valence-corrected chi connectivity index (χ3v) is 4.06. The molecular weight excluding hydrogens is 360 g/mol. The highest BCUT2D eigenvalue weighted by atomic mass is 16.6. The van der Waals surface area contributed by atoms with Gasteiger partial charge in [0, 0.05) is 29.8 Å². The van der Waals surface area contributed by atoms with Gasteiger partial charge in [-0.1, -0.05) is 0 Å². The summed E-state index contributed by atoms with van der Waals surface area (Å²) in [6.45, 7) is 1.06. The van der Waals surface area contributed by atoms with Crippen molar-refractivity contribution in [2.24, 2.45) is 0 Å². The van der Waals surface area contributed by atoms with Crippen LogP contribution in [0.25, 0.3) is 0 Å². The molecule has 8 heteroatoms. The Bertz CT molecular complexity index is 975. The van der Waals surface area contributed by atoms with Crippen LogP contribution in [0, 0.1) is 0 Å². The molecule has 142 valence electrons. The van der Waals surface area contributed by atoms with Gasteiger partial charge in [0.1, 0.15) is 19.0 Å². The number of benzene rings is 2. The van der Waals surface area contributed by atoms with E-state index in [0.717, 1.165) is 11.4 Å². The van der Waals surface area contributed by atoms with Crippen molar-refractivity contribution < 1.29 is 19.0 Å². The topological polar surface area (TPSA) is 94.6 Å². The second-order valence-electron chi connectivity index (χ2n) is 5.96. The van der Waals surface area contributed by atoms with E-state index in [4.69, 9.17) is 14.2 Å². The molecule has 1 amide bonds. The molecule has 0 spiro atoms. The molecule has 0 bridgehead atoms. The second-order valence-corrected chi connectivity index (χ2v) is 5.96. The molecule has 1 aliphatic rings. The van der Waals surface area contributed by atoms with Crippen molar-refractivity contribution in [2.75, 3.05) is 31.0 Å². The maximum absolute atomic E-state index is 12.3. The van der Waals surface area contributed by atoms with Crippen LogP contribution in [0.1, 0.15) is 10.4 Å². The molecule has 0 atom stereocenters. The van der Waals surface area contributed by atoms with Gasteiger partial charge in [-0.05, 0) is 36.4 Å². The largest absolute Gasteiger partial charge is 0.497 e. The highest BCUT2D eigenvalue weighted by Gasteiger charge is 2.13. The molecule has 28 heavy (non-hydrogen) atoms. The van der Waals surface area contributed by atoms with Crippen LogP contribution in [-0.4, -0.2) is 36.2 Å². The number of hydrogen-bond acceptors (Lipinski definition) is 7. The summed E-state index contributed by atoms with van der Waals surface area (Å²) in [5, 5.41) is 5.87. The molecule has 8 nitrogen and oxygen atoms in total. The average molecular weight is 378 g/mol. The van der Waals surface area contributed by atoms with Crippen molar-refractivity contribution in [1.82, 2.24) is 9.97 Å². The number of methoxy groups -OCH3 is 1. The second kappa shape index (κ2) is 7.83.